The fourth-order valence-corrected chi connectivity index (χ4v) is 3.56. The van der Waals surface area contributed by atoms with Crippen LogP contribution in [-0.2, 0) is 6.42 Å². The number of hydrogen-bond donors (Lipinski definition) is 0. The van der Waals surface area contributed by atoms with Gasteiger partial charge < -0.3 is 0 Å². The van der Waals surface area contributed by atoms with Gasteiger partial charge in [0.2, 0.25) is 4.96 Å². The maximum atomic E-state index is 6.06. The van der Waals surface area contributed by atoms with Gasteiger partial charge in [-0.25, -0.2) is 9.50 Å². The number of aromatic nitrogens is 3. The molecule has 0 saturated carbocycles. The second-order valence-electron chi connectivity index (χ2n) is 5.29. The molecule has 0 spiro atoms. The van der Waals surface area contributed by atoms with Crippen molar-refractivity contribution in [1.29, 1.82) is 0 Å². The third-order valence-electron chi connectivity index (χ3n) is 3.54. The predicted molar refractivity (Wildman–Crippen MR) is 94.2 cm³/mol. The lowest BCUT2D eigenvalue weighted by Crippen LogP contribution is -1.87. The Morgan fingerprint density at radius 2 is 2.00 bits per heavy atom. The molecule has 0 aliphatic carbocycles. The van der Waals surface area contributed by atoms with Gasteiger partial charge >= 0.3 is 0 Å². The minimum atomic E-state index is 0.542. The third-order valence-corrected chi connectivity index (χ3v) is 5.27. The van der Waals surface area contributed by atoms with E-state index < -0.39 is 0 Å². The van der Waals surface area contributed by atoms with E-state index in [9.17, 15) is 0 Å². The van der Waals surface area contributed by atoms with Gasteiger partial charge in [0.25, 0.3) is 0 Å². The smallest absolute Gasteiger partial charge is 0.212 e. The number of fused-ring (bicyclic) bond motifs is 1. The number of hydrogen-bond acceptors (Lipinski definition) is 3. The molecule has 0 bridgehead atoms. The normalized spacial score (nSPS) is 11.4. The number of imidazole rings is 1. The maximum absolute atomic E-state index is 6.06. The summed E-state index contributed by atoms with van der Waals surface area (Å²) in [5.41, 5.74) is 1.83. The maximum Gasteiger partial charge on any atom is 0.212 e. The van der Waals surface area contributed by atoms with Gasteiger partial charge in [-0.05, 0) is 18.6 Å². The van der Waals surface area contributed by atoms with E-state index in [1.165, 1.54) is 25.7 Å². The minimum absolute atomic E-state index is 0.542. The van der Waals surface area contributed by atoms with Crippen molar-refractivity contribution in [1.82, 2.24) is 14.6 Å². The molecule has 0 amide bonds. The molecule has 116 valence electrons. The highest BCUT2D eigenvalue weighted by Gasteiger charge is 2.10. The first-order valence-electron chi connectivity index (χ1n) is 7.48. The lowest BCUT2D eigenvalue weighted by Gasteiger charge is -1.99. The monoisotopic (exact) mass is 353 g/mol. The molecule has 3 rings (SSSR count). The van der Waals surface area contributed by atoms with Gasteiger partial charge in [-0.2, -0.15) is 5.10 Å². The summed E-state index contributed by atoms with van der Waals surface area (Å²) in [4.78, 5) is 5.56. The fraction of sp³-hybridized carbons (Fsp3) is 0.375. The van der Waals surface area contributed by atoms with Crippen LogP contribution in [0.5, 0.6) is 0 Å². The molecule has 3 nitrogen and oxygen atoms in total. The van der Waals surface area contributed by atoms with Crippen molar-refractivity contribution in [3.05, 3.63) is 39.4 Å². The summed E-state index contributed by atoms with van der Waals surface area (Å²) in [5.74, 6) is 0. The Hall–Kier alpha value is -1.10. The summed E-state index contributed by atoms with van der Waals surface area (Å²) in [5, 5.41) is 6.86. The number of benzene rings is 1. The summed E-state index contributed by atoms with van der Waals surface area (Å²) in [6.07, 6.45) is 8.01. The van der Waals surface area contributed by atoms with E-state index in [1.54, 1.807) is 17.4 Å². The number of rotatable bonds is 6. The summed E-state index contributed by atoms with van der Waals surface area (Å²) in [6, 6.07) is 5.55. The third kappa shape index (κ3) is 3.45. The van der Waals surface area contributed by atoms with E-state index in [-0.39, 0.29) is 0 Å². The first-order chi connectivity index (χ1) is 10.7. The van der Waals surface area contributed by atoms with E-state index in [2.05, 4.69) is 17.0 Å². The van der Waals surface area contributed by atoms with Gasteiger partial charge in [-0.15, -0.1) is 0 Å². The van der Waals surface area contributed by atoms with Crippen molar-refractivity contribution in [3.63, 3.8) is 0 Å². The Kier molecular flexibility index (Phi) is 5.01. The molecule has 0 fully saturated rings. The van der Waals surface area contributed by atoms with Crippen molar-refractivity contribution < 1.29 is 0 Å². The Balaban J connectivity index is 1.76. The Bertz CT molecular complexity index is 747. The summed E-state index contributed by atoms with van der Waals surface area (Å²) in [6.45, 7) is 2.22. The fourth-order valence-electron chi connectivity index (χ4n) is 2.34. The van der Waals surface area contributed by atoms with Crippen LogP contribution in [0.1, 0.15) is 37.6 Å². The van der Waals surface area contributed by atoms with E-state index in [4.69, 9.17) is 23.2 Å². The topological polar surface area (TPSA) is 30.2 Å². The van der Waals surface area contributed by atoms with E-state index >= 15 is 0 Å². The van der Waals surface area contributed by atoms with Crippen LogP contribution in [0.4, 0.5) is 0 Å². The lowest BCUT2D eigenvalue weighted by molar-refractivity contribution is 0.661. The molecule has 0 unspecified atom stereocenters. The van der Waals surface area contributed by atoms with E-state index in [1.807, 2.05) is 22.8 Å². The minimum Gasteiger partial charge on any atom is -0.217 e. The summed E-state index contributed by atoms with van der Waals surface area (Å²) < 4.78 is 1.86. The molecule has 0 aliphatic rings. The second kappa shape index (κ2) is 6.99. The van der Waals surface area contributed by atoms with Crippen LogP contribution in [0.15, 0.2) is 24.4 Å². The Morgan fingerprint density at radius 3 is 2.73 bits per heavy atom. The van der Waals surface area contributed by atoms with Crippen LogP contribution in [0.3, 0.4) is 0 Å². The molecule has 0 atom stereocenters. The molecule has 0 N–H and O–H groups in total. The largest absolute Gasteiger partial charge is 0.217 e. The molecule has 1 aromatic carbocycles. The van der Waals surface area contributed by atoms with Crippen molar-refractivity contribution in [2.24, 2.45) is 0 Å². The van der Waals surface area contributed by atoms with Crippen LogP contribution in [-0.4, -0.2) is 14.6 Å². The van der Waals surface area contributed by atoms with Gasteiger partial charge in [0, 0.05) is 12.0 Å². The molecule has 2 aromatic heterocycles. The average Bonchev–Trinajstić information content (AvgIpc) is 3.05. The van der Waals surface area contributed by atoms with Crippen LogP contribution in [0, 0.1) is 0 Å². The summed E-state index contributed by atoms with van der Waals surface area (Å²) >= 11 is 13.7. The van der Waals surface area contributed by atoms with Crippen molar-refractivity contribution in [2.45, 2.75) is 39.0 Å². The van der Waals surface area contributed by atoms with Crippen LogP contribution < -0.4 is 0 Å². The molecule has 0 saturated heterocycles. The first kappa shape index (κ1) is 15.8. The van der Waals surface area contributed by atoms with Crippen LogP contribution >= 0.6 is 34.5 Å². The highest BCUT2D eigenvalue weighted by molar-refractivity contribution is 7.16. The highest BCUT2D eigenvalue weighted by atomic mass is 35.5. The Morgan fingerprint density at radius 1 is 1.14 bits per heavy atom. The number of nitrogens with zero attached hydrogens (tertiary/aromatic N) is 3. The van der Waals surface area contributed by atoms with Crippen molar-refractivity contribution >= 4 is 39.5 Å². The lowest BCUT2D eigenvalue weighted by atomic mass is 10.2. The number of halogens is 2. The number of unbranched alkanes of at least 4 members (excludes halogenated alkanes) is 3. The standard InChI is InChI=1S/C16H17Cl2N3S/c1-2-3-4-5-6-15-20-21-10-14(19-16(21)22-15)11-7-8-12(17)13(18)9-11/h7-10H,2-6H2,1H3. The SMILES string of the molecule is CCCCCCc1nn2cc(-c3ccc(Cl)c(Cl)c3)nc2s1. The molecular formula is C16H17Cl2N3S. The van der Waals surface area contributed by atoms with Crippen molar-refractivity contribution in [3.8, 4) is 11.3 Å². The van der Waals surface area contributed by atoms with Gasteiger partial charge in [0.05, 0.1) is 21.9 Å². The quantitative estimate of drug-likeness (QED) is 0.517. The van der Waals surface area contributed by atoms with Gasteiger partial charge in [0.15, 0.2) is 0 Å². The zero-order valence-electron chi connectivity index (χ0n) is 12.4. The molecular weight excluding hydrogens is 337 g/mol. The second-order valence-corrected chi connectivity index (χ2v) is 7.14. The molecule has 0 radical (unpaired) electrons. The molecule has 22 heavy (non-hydrogen) atoms. The van der Waals surface area contributed by atoms with Gasteiger partial charge in [-0.3, -0.25) is 0 Å². The molecule has 3 aromatic rings. The van der Waals surface area contributed by atoms with Gasteiger partial charge in [0.1, 0.15) is 5.01 Å². The predicted octanol–water partition coefficient (Wildman–Crippen LogP) is 5.89. The van der Waals surface area contributed by atoms with Gasteiger partial charge in [-0.1, -0.05) is 66.8 Å². The average molecular weight is 354 g/mol. The van der Waals surface area contributed by atoms with Crippen LogP contribution in [0.2, 0.25) is 10.0 Å². The zero-order chi connectivity index (χ0) is 15.5. The summed E-state index contributed by atoms with van der Waals surface area (Å²) in [7, 11) is 0. The Labute approximate surface area is 143 Å². The molecule has 6 heteroatoms. The van der Waals surface area contributed by atoms with E-state index in [0.717, 1.165) is 27.6 Å². The van der Waals surface area contributed by atoms with E-state index in [0.29, 0.717) is 10.0 Å². The molecule has 2 heterocycles. The molecule has 0 aliphatic heterocycles. The van der Waals surface area contributed by atoms with Crippen LogP contribution in [0.25, 0.3) is 16.2 Å². The zero-order valence-corrected chi connectivity index (χ0v) is 14.7. The van der Waals surface area contributed by atoms with Crippen molar-refractivity contribution in [2.75, 3.05) is 0 Å². The number of aryl methyl sites for hydroxylation is 1. The first-order valence-corrected chi connectivity index (χ1v) is 9.05. The highest BCUT2D eigenvalue weighted by Crippen LogP contribution is 2.29.